The maximum absolute atomic E-state index is 13.2. The second-order valence-electron chi connectivity index (χ2n) is 10.8. The number of hydrogen-bond donors (Lipinski definition) is 2. The summed E-state index contributed by atoms with van der Waals surface area (Å²) < 4.78 is 16.7. The summed E-state index contributed by atoms with van der Waals surface area (Å²) in [5.74, 6) is -2.76. The molecule has 0 radical (unpaired) electrons. The van der Waals surface area contributed by atoms with Crippen molar-refractivity contribution in [2.45, 2.75) is 64.7 Å². The van der Waals surface area contributed by atoms with E-state index >= 15 is 0 Å². The van der Waals surface area contributed by atoms with Crippen LogP contribution in [0.15, 0.2) is 66.8 Å². The number of cyclic esters (lactones) is 2. The van der Waals surface area contributed by atoms with Crippen molar-refractivity contribution in [1.29, 1.82) is 0 Å². The first-order chi connectivity index (χ1) is 21.1. The van der Waals surface area contributed by atoms with Crippen molar-refractivity contribution in [3.8, 4) is 5.75 Å². The average molecular weight is 625 g/mol. The lowest BCUT2D eigenvalue weighted by molar-refractivity contribution is -0.175. The first-order valence-electron chi connectivity index (χ1n) is 14.8. The molecule has 44 heavy (non-hydrogen) atoms. The topological polar surface area (TPSA) is 120 Å². The van der Waals surface area contributed by atoms with Crippen molar-refractivity contribution in [1.82, 2.24) is 10.6 Å². The fourth-order valence-corrected chi connectivity index (χ4v) is 4.84. The molecule has 2 amide bonds. The average Bonchev–Trinajstić information content (AvgIpc) is 3.01. The molecule has 0 saturated carbocycles. The summed E-state index contributed by atoms with van der Waals surface area (Å²) in [6.07, 6.45) is 6.31. The number of esters is 2. The van der Waals surface area contributed by atoms with Gasteiger partial charge in [0.05, 0.1) is 18.1 Å². The molecule has 2 aromatic rings. The number of nitrogens with one attached hydrogen (secondary N) is 2. The standard InChI is InChI=1S/C34H41ClN2O7/c1-5-10-30-34(41)43-28(22(2)15-16-24-11-7-6-8-12-24)13-9-14-31(38)37-27(32(39)36-21-23(3)33(40)44-30)20-25-17-18-29(42-4)26(35)19-25/h6-9,11-12,14-19,22-23,27-28,30H,5,10,13,20-21H2,1-4H3,(H,36,39)(H,37,38)/t22-,23-,27-,28+,30+/m1/s1. The summed E-state index contributed by atoms with van der Waals surface area (Å²) in [7, 11) is 1.51. The van der Waals surface area contributed by atoms with Crippen molar-refractivity contribution in [3.05, 3.63) is 82.9 Å². The van der Waals surface area contributed by atoms with Gasteiger partial charge in [-0.2, -0.15) is 0 Å². The Morgan fingerprint density at radius 1 is 1.07 bits per heavy atom. The third kappa shape index (κ3) is 10.6. The van der Waals surface area contributed by atoms with Gasteiger partial charge >= 0.3 is 11.9 Å². The molecule has 236 valence electrons. The summed E-state index contributed by atoms with van der Waals surface area (Å²) >= 11 is 6.28. The van der Waals surface area contributed by atoms with Crippen LogP contribution in [0.1, 0.15) is 51.2 Å². The molecule has 0 bridgehead atoms. The molecular weight excluding hydrogens is 584 g/mol. The summed E-state index contributed by atoms with van der Waals surface area (Å²) in [4.78, 5) is 52.4. The molecule has 2 aromatic carbocycles. The monoisotopic (exact) mass is 624 g/mol. The van der Waals surface area contributed by atoms with Crippen molar-refractivity contribution in [2.75, 3.05) is 13.7 Å². The van der Waals surface area contributed by atoms with E-state index in [1.165, 1.54) is 13.2 Å². The fraction of sp³-hybridized carbons (Fsp3) is 0.412. The van der Waals surface area contributed by atoms with Gasteiger partial charge in [-0.15, -0.1) is 0 Å². The van der Waals surface area contributed by atoms with E-state index < -0.39 is 47.9 Å². The van der Waals surface area contributed by atoms with Gasteiger partial charge in [0.15, 0.2) is 6.10 Å². The SMILES string of the molecule is CCC[C@@H]1OC(=O)[C@H](C)CNC(=O)[C@@H](Cc2ccc(OC)c(Cl)c2)NC(=O)C=CC[C@@H]([C@H](C)C=Cc2ccccc2)OC1=O. The van der Waals surface area contributed by atoms with Crippen molar-refractivity contribution < 1.29 is 33.4 Å². The predicted octanol–water partition coefficient (Wildman–Crippen LogP) is 5.06. The van der Waals surface area contributed by atoms with Gasteiger partial charge in [0.1, 0.15) is 17.9 Å². The third-order valence-corrected chi connectivity index (χ3v) is 7.52. The van der Waals surface area contributed by atoms with Gasteiger partial charge in [-0.25, -0.2) is 4.79 Å². The Kier molecular flexibility index (Phi) is 13.5. The molecule has 0 aromatic heterocycles. The smallest absolute Gasteiger partial charge is 0.347 e. The molecule has 9 nitrogen and oxygen atoms in total. The fourth-order valence-electron chi connectivity index (χ4n) is 4.56. The molecule has 0 unspecified atom stereocenters. The van der Waals surface area contributed by atoms with E-state index in [0.717, 1.165) is 5.56 Å². The number of amides is 2. The minimum atomic E-state index is -1.09. The number of benzene rings is 2. The lowest BCUT2D eigenvalue weighted by atomic mass is 9.99. The zero-order valence-electron chi connectivity index (χ0n) is 25.6. The molecule has 1 heterocycles. The first-order valence-corrected chi connectivity index (χ1v) is 15.2. The Hall–Kier alpha value is -4.11. The number of carbonyl (C=O) groups is 4. The zero-order valence-corrected chi connectivity index (χ0v) is 26.3. The molecular formula is C34H41ClN2O7. The van der Waals surface area contributed by atoms with Crippen LogP contribution in [0.4, 0.5) is 0 Å². The molecule has 1 aliphatic heterocycles. The summed E-state index contributed by atoms with van der Waals surface area (Å²) in [5, 5.41) is 5.84. The number of ether oxygens (including phenoxy) is 3. The van der Waals surface area contributed by atoms with Crippen LogP contribution in [0.5, 0.6) is 5.75 Å². The Labute approximate surface area is 264 Å². The molecule has 5 atom stereocenters. The quantitative estimate of drug-likeness (QED) is 0.394. The van der Waals surface area contributed by atoms with Gasteiger partial charge in [0, 0.05) is 25.3 Å². The molecule has 2 N–H and O–H groups in total. The lowest BCUT2D eigenvalue weighted by Gasteiger charge is -2.25. The normalized spacial score (nSPS) is 22.9. The van der Waals surface area contributed by atoms with E-state index in [9.17, 15) is 19.2 Å². The Morgan fingerprint density at radius 2 is 1.82 bits per heavy atom. The molecule has 1 aliphatic rings. The molecule has 10 heteroatoms. The van der Waals surface area contributed by atoms with E-state index in [2.05, 4.69) is 10.6 Å². The summed E-state index contributed by atoms with van der Waals surface area (Å²) in [6, 6.07) is 13.9. The van der Waals surface area contributed by atoms with Gasteiger partial charge in [-0.1, -0.05) is 93.4 Å². The van der Waals surface area contributed by atoms with E-state index in [1.54, 1.807) is 31.2 Å². The first kappa shape index (κ1) is 34.4. The summed E-state index contributed by atoms with van der Waals surface area (Å²) in [6.45, 7) is 5.33. The lowest BCUT2D eigenvalue weighted by Crippen LogP contribution is -2.49. The van der Waals surface area contributed by atoms with Gasteiger partial charge in [0.25, 0.3) is 0 Å². The Morgan fingerprint density at radius 3 is 2.50 bits per heavy atom. The number of carbonyl (C=O) groups excluding carboxylic acids is 4. The van der Waals surface area contributed by atoms with Crippen LogP contribution in [-0.2, 0) is 35.1 Å². The zero-order chi connectivity index (χ0) is 32.1. The van der Waals surface area contributed by atoms with Crippen molar-refractivity contribution in [2.24, 2.45) is 11.8 Å². The van der Waals surface area contributed by atoms with Crippen molar-refractivity contribution in [3.63, 3.8) is 0 Å². The van der Waals surface area contributed by atoms with Crippen LogP contribution in [0.3, 0.4) is 0 Å². The minimum absolute atomic E-state index is 0.0545. The Bertz CT molecular complexity index is 1340. The number of halogens is 1. The Balaban J connectivity index is 1.88. The van der Waals surface area contributed by atoms with Gasteiger partial charge < -0.3 is 24.8 Å². The molecule has 0 aliphatic carbocycles. The van der Waals surface area contributed by atoms with Crippen LogP contribution in [-0.4, -0.2) is 55.7 Å². The largest absolute Gasteiger partial charge is 0.495 e. The highest BCUT2D eigenvalue weighted by Gasteiger charge is 2.30. The second-order valence-corrected chi connectivity index (χ2v) is 11.2. The highest BCUT2D eigenvalue weighted by molar-refractivity contribution is 6.32. The minimum Gasteiger partial charge on any atom is -0.495 e. The van der Waals surface area contributed by atoms with E-state index in [0.29, 0.717) is 22.8 Å². The number of methoxy groups -OCH3 is 1. The molecule has 0 spiro atoms. The third-order valence-electron chi connectivity index (χ3n) is 7.23. The molecule has 0 saturated heterocycles. The van der Waals surface area contributed by atoms with Crippen LogP contribution in [0.25, 0.3) is 6.08 Å². The van der Waals surface area contributed by atoms with Crippen LogP contribution in [0, 0.1) is 11.8 Å². The van der Waals surface area contributed by atoms with Crippen LogP contribution in [0.2, 0.25) is 5.02 Å². The second kappa shape index (κ2) is 17.3. The van der Waals surface area contributed by atoms with E-state index in [4.69, 9.17) is 25.8 Å². The number of hydrogen-bond acceptors (Lipinski definition) is 7. The predicted molar refractivity (Wildman–Crippen MR) is 169 cm³/mol. The van der Waals surface area contributed by atoms with Gasteiger partial charge in [-0.3, -0.25) is 14.4 Å². The molecule has 3 rings (SSSR count). The summed E-state index contributed by atoms with van der Waals surface area (Å²) in [5.41, 5.74) is 1.69. The van der Waals surface area contributed by atoms with E-state index in [-0.39, 0.29) is 31.7 Å². The van der Waals surface area contributed by atoms with Crippen LogP contribution < -0.4 is 15.4 Å². The highest BCUT2D eigenvalue weighted by Crippen LogP contribution is 2.25. The van der Waals surface area contributed by atoms with Crippen LogP contribution >= 0.6 is 11.6 Å². The number of rotatable bonds is 8. The maximum atomic E-state index is 13.2. The molecule has 0 fully saturated rings. The maximum Gasteiger partial charge on any atom is 0.347 e. The van der Waals surface area contributed by atoms with Gasteiger partial charge in [-0.05, 0) is 35.8 Å². The highest BCUT2D eigenvalue weighted by atomic mass is 35.5. The van der Waals surface area contributed by atoms with Crippen molar-refractivity contribution >= 4 is 41.4 Å². The van der Waals surface area contributed by atoms with Gasteiger partial charge in [0.2, 0.25) is 11.8 Å². The van der Waals surface area contributed by atoms with E-state index in [1.807, 2.05) is 56.3 Å².